The van der Waals surface area contributed by atoms with Crippen molar-refractivity contribution in [3.05, 3.63) is 182 Å². The van der Waals surface area contributed by atoms with E-state index in [0.717, 1.165) is 0 Å². The largest absolute Gasteiger partial charge is 0.135 e. The van der Waals surface area contributed by atoms with E-state index in [0.29, 0.717) is 0 Å². The van der Waals surface area contributed by atoms with Gasteiger partial charge < -0.3 is 0 Å². The summed E-state index contributed by atoms with van der Waals surface area (Å²) in [6, 6.07) is 67.4. The van der Waals surface area contributed by atoms with E-state index in [4.69, 9.17) is 0 Å². The maximum absolute atomic E-state index is 2.45. The summed E-state index contributed by atoms with van der Waals surface area (Å²) in [5, 5.41) is 15.6. The third-order valence-electron chi connectivity index (χ3n) is 10.8. The number of hydrogen-bond donors (Lipinski definition) is 0. The first-order chi connectivity index (χ1) is 25.3. The van der Waals surface area contributed by atoms with Crippen LogP contribution in [-0.4, -0.2) is 0 Å². The van der Waals surface area contributed by atoms with Crippen molar-refractivity contribution < 1.29 is 0 Å². The molecule has 1 aromatic heterocycles. The molecular weight excluding hydrogens is 633 g/mol. The van der Waals surface area contributed by atoms with E-state index < -0.39 is 0 Å². The molecule has 0 fully saturated rings. The van der Waals surface area contributed by atoms with Crippen molar-refractivity contribution in [3.8, 4) is 33.4 Å². The van der Waals surface area contributed by atoms with E-state index in [-0.39, 0.29) is 0 Å². The predicted octanol–water partition coefficient (Wildman–Crippen LogP) is 14.8. The zero-order valence-electron chi connectivity index (χ0n) is 27.7. The lowest BCUT2D eigenvalue weighted by atomic mass is 9.85. The highest BCUT2D eigenvalue weighted by Gasteiger charge is 2.19. The molecule has 0 saturated carbocycles. The van der Waals surface area contributed by atoms with E-state index >= 15 is 0 Å². The summed E-state index contributed by atoms with van der Waals surface area (Å²) in [4.78, 5) is 0. The number of thiophene rings is 1. The Morgan fingerprint density at radius 1 is 0.275 bits per heavy atom. The molecule has 0 spiro atoms. The molecule has 10 aromatic carbocycles. The summed E-state index contributed by atoms with van der Waals surface area (Å²) in [7, 11) is 0. The highest BCUT2D eigenvalue weighted by atomic mass is 32.1. The van der Waals surface area contributed by atoms with Crippen molar-refractivity contribution in [2.24, 2.45) is 0 Å². The van der Waals surface area contributed by atoms with Gasteiger partial charge in [0, 0.05) is 25.6 Å². The van der Waals surface area contributed by atoms with E-state index in [2.05, 4.69) is 182 Å². The quantitative estimate of drug-likeness (QED) is 0.130. The molecule has 11 aromatic rings. The molecule has 0 N–H and O–H groups in total. The number of fused-ring (bicyclic) bond motifs is 11. The lowest BCUT2D eigenvalue weighted by molar-refractivity contribution is 1.64. The fourth-order valence-corrected chi connectivity index (χ4v) is 9.78. The zero-order valence-corrected chi connectivity index (χ0v) is 28.5. The molecule has 0 amide bonds. The Bertz CT molecular complexity index is 3130. The third-order valence-corrected chi connectivity index (χ3v) is 12.0. The van der Waals surface area contributed by atoms with Crippen LogP contribution in [0.15, 0.2) is 182 Å². The molecule has 11 rings (SSSR count). The second-order valence-electron chi connectivity index (χ2n) is 13.6. The zero-order chi connectivity index (χ0) is 33.5. The minimum Gasteiger partial charge on any atom is -0.135 e. The second kappa shape index (κ2) is 11.1. The lowest BCUT2D eigenvalue weighted by Crippen LogP contribution is -1.91. The average Bonchev–Trinajstić information content (AvgIpc) is 3.60. The minimum atomic E-state index is 1.24. The van der Waals surface area contributed by atoms with Crippen LogP contribution in [0.3, 0.4) is 0 Å². The Balaban J connectivity index is 1.16. The maximum atomic E-state index is 2.45. The van der Waals surface area contributed by atoms with Crippen LogP contribution in [0, 0.1) is 0 Å². The summed E-state index contributed by atoms with van der Waals surface area (Å²) >= 11 is 1.91. The normalized spacial score (nSPS) is 11.9. The second-order valence-corrected chi connectivity index (χ2v) is 14.6. The van der Waals surface area contributed by atoms with Gasteiger partial charge in [0.25, 0.3) is 0 Å². The summed E-state index contributed by atoms with van der Waals surface area (Å²) in [6.07, 6.45) is 0. The summed E-state index contributed by atoms with van der Waals surface area (Å²) in [5.74, 6) is 0. The molecule has 0 nitrogen and oxygen atoms in total. The van der Waals surface area contributed by atoms with Crippen LogP contribution in [0.1, 0.15) is 0 Å². The van der Waals surface area contributed by atoms with E-state index in [9.17, 15) is 0 Å². The van der Waals surface area contributed by atoms with Crippen molar-refractivity contribution in [1.29, 1.82) is 0 Å². The fraction of sp³-hybridized carbons (Fsp3) is 0. The molecule has 0 bridgehead atoms. The fourth-order valence-electron chi connectivity index (χ4n) is 8.52. The van der Waals surface area contributed by atoms with Gasteiger partial charge in [-0.25, -0.2) is 0 Å². The van der Waals surface area contributed by atoms with E-state index in [1.807, 2.05) is 11.3 Å². The molecular formula is C50H30S. The van der Waals surface area contributed by atoms with Gasteiger partial charge in [-0.15, -0.1) is 11.3 Å². The molecule has 0 atom stereocenters. The highest BCUT2D eigenvalue weighted by Crippen LogP contribution is 2.48. The van der Waals surface area contributed by atoms with Crippen LogP contribution < -0.4 is 0 Å². The Hall–Kier alpha value is -6.28. The minimum absolute atomic E-state index is 1.24. The first-order valence-electron chi connectivity index (χ1n) is 17.6. The Labute approximate surface area is 299 Å². The van der Waals surface area contributed by atoms with E-state index in [1.165, 1.54) is 107 Å². The Kier molecular flexibility index (Phi) is 6.22. The van der Waals surface area contributed by atoms with Gasteiger partial charge in [0.2, 0.25) is 0 Å². The highest BCUT2D eigenvalue weighted by molar-refractivity contribution is 7.27. The molecule has 1 heterocycles. The number of hydrogen-bond acceptors (Lipinski definition) is 1. The van der Waals surface area contributed by atoms with Crippen molar-refractivity contribution in [2.75, 3.05) is 0 Å². The maximum Gasteiger partial charge on any atom is 0.0440 e. The predicted molar refractivity (Wildman–Crippen MR) is 223 cm³/mol. The van der Waals surface area contributed by atoms with Gasteiger partial charge in [0.15, 0.2) is 0 Å². The SMILES string of the molecule is c1ccc(-c2ccc3cc(-c4c5ccccc5c(-c5ccc6c(c5)c5ccccc5c5c7ccccc7sc65)c5ccccc45)ccc3c2)cc1. The van der Waals surface area contributed by atoms with Crippen LogP contribution in [-0.2, 0) is 0 Å². The third kappa shape index (κ3) is 4.32. The van der Waals surface area contributed by atoms with Gasteiger partial charge >= 0.3 is 0 Å². The molecule has 0 aliphatic carbocycles. The summed E-state index contributed by atoms with van der Waals surface area (Å²) in [6.45, 7) is 0. The standard InChI is InChI=1S/C50H30S/c1-2-12-31(13-3-1)32-22-23-34-29-35(25-24-33(34)28-32)47-39-16-6-8-18-41(39)48(42-19-9-7-17-40(42)47)36-26-27-43-45(30-36)37-14-4-5-15-38(37)49-44-20-10-11-21-46(44)51-50(43)49/h1-30H. The van der Waals surface area contributed by atoms with E-state index in [1.54, 1.807) is 0 Å². The molecule has 0 aliphatic heterocycles. The van der Waals surface area contributed by atoms with Gasteiger partial charge in [-0.1, -0.05) is 158 Å². The van der Waals surface area contributed by atoms with Crippen molar-refractivity contribution >= 4 is 85.4 Å². The van der Waals surface area contributed by atoms with Crippen molar-refractivity contribution in [3.63, 3.8) is 0 Å². The number of benzene rings is 10. The molecule has 0 radical (unpaired) electrons. The van der Waals surface area contributed by atoms with Gasteiger partial charge in [-0.05, 0) is 106 Å². The first-order valence-corrected chi connectivity index (χ1v) is 18.4. The van der Waals surface area contributed by atoms with Crippen LogP contribution in [0.5, 0.6) is 0 Å². The molecule has 51 heavy (non-hydrogen) atoms. The van der Waals surface area contributed by atoms with Crippen LogP contribution in [0.2, 0.25) is 0 Å². The average molecular weight is 663 g/mol. The lowest BCUT2D eigenvalue weighted by Gasteiger charge is -2.19. The first kappa shape index (κ1) is 28.5. The topological polar surface area (TPSA) is 0 Å². The van der Waals surface area contributed by atoms with Gasteiger partial charge in [0.05, 0.1) is 0 Å². The van der Waals surface area contributed by atoms with Gasteiger partial charge in [0.1, 0.15) is 0 Å². The Morgan fingerprint density at radius 2 is 0.765 bits per heavy atom. The summed E-state index contributed by atoms with van der Waals surface area (Å²) in [5.41, 5.74) is 7.56. The summed E-state index contributed by atoms with van der Waals surface area (Å²) < 4.78 is 2.71. The Morgan fingerprint density at radius 3 is 1.43 bits per heavy atom. The van der Waals surface area contributed by atoms with Gasteiger partial charge in [-0.2, -0.15) is 0 Å². The molecule has 0 unspecified atom stereocenters. The van der Waals surface area contributed by atoms with Crippen LogP contribution in [0.4, 0.5) is 0 Å². The van der Waals surface area contributed by atoms with Crippen LogP contribution in [0.25, 0.3) is 107 Å². The van der Waals surface area contributed by atoms with Crippen molar-refractivity contribution in [2.45, 2.75) is 0 Å². The number of rotatable bonds is 3. The van der Waals surface area contributed by atoms with Crippen LogP contribution >= 0.6 is 11.3 Å². The smallest absolute Gasteiger partial charge is 0.0440 e. The van der Waals surface area contributed by atoms with Gasteiger partial charge in [-0.3, -0.25) is 0 Å². The molecule has 236 valence electrons. The van der Waals surface area contributed by atoms with Crippen molar-refractivity contribution in [1.82, 2.24) is 0 Å². The monoisotopic (exact) mass is 662 g/mol. The molecule has 1 heteroatoms. The molecule has 0 aliphatic rings. The molecule has 0 saturated heterocycles.